The van der Waals surface area contributed by atoms with Crippen LogP contribution in [0.2, 0.25) is 0 Å². The van der Waals surface area contributed by atoms with Gasteiger partial charge in [0.2, 0.25) is 5.82 Å². The van der Waals surface area contributed by atoms with Crippen LogP contribution in [0, 0.1) is 6.92 Å². The normalized spacial score (nSPS) is 10.7. The molecule has 9 heteroatoms. The lowest BCUT2D eigenvalue weighted by molar-refractivity contribution is -0.118. The molecule has 0 saturated carbocycles. The molecule has 0 aliphatic rings. The van der Waals surface area contributed by atoms with E-state index in [4.69, 9.17) is 9.26 Å². The number of aryl methyl sites for hydroxylation is 1. The predicted molar refractivity (Wildman–Crippen MR) is 104 cm³/mol. The Labute approximate surface area is 162 Å². The maximum absolute atomic E-state index is 12.1. The van der Waals surface area contributed by atoms with Crippen molar-refractivity contribution in [1.82, 2.24) is 15.1 Å². The van der Waals surface area contributed by atoms with Crippen molar-refractivity contribution < 1.29 is 14.1 Å². The molecular formula is C18H14N4O3S2. The fourth-order valence-electron chi connectivity index (χ4n) is 2.29. The molecule has 1 amide bonds. The first-order valence-electron chi connectivity index (χ1n) is 8.02. The van der Waals surface area contributed by atoms with E-state index in [2.05, 4.69) is 20.4 Å². The molecule has 27 heavy (non-hydrogen) atoms. The number of nitrogens with one attached hydrogen (secondary N) is 1. The number of amides is 1. The third kappa shape index (κ3) is 4.04. The minimum absolute atomic E-state index is 0.0962. The molecule has 0 aliphatic heterocycles. The van der Waals surface area contributed by atoms with Crippen LogP contribution in [0.3, 0.4) is 0 Å². The van der Waals surface area contributed by atoms with Crippen LogP contribution < -0.4 is 10.1 Å². The van der Waals surface area contributed by atoms with Gasteiger partial charge in [-0.25, -0.2) is 4.98 Å². The van der Waals surface area contributed by atoms with Gasteiger partial charge in [0.15, 0.2) is 11.7 Å². The van der Waals surface area contributed by atoms with Crippen molar-refractivity contribution >= 4 is 33.7 Å². The number of aromatic nitrogens is 3. The first-order chi connectivity index (χ1) is 13.2. The highest BCUT2D eigenvalue weighted by Gasteiger charge is 2.18. The van der Waals surface area contributed by atoms with E-state index >= 15 is 0 Å². The van der Waals surface area contributed by atoms with E-state index in [9.17, 15) is 4.79 Å². The Morgan fingerprint density at radius 1 is 1.19 bits per heavy atom. The van der Waals surface area contributed by atoms with Gasteiger partial charge in [-0.05, 0) is 30.5 Å². The molecule has 0 aliphatic carbocycles. The zero-order chi connectivity index (χ0) is 18.6. The third-order valence-electron chi connectivity index (χ3n) is 3.52. The molecule has 0 bridgehead atoms. The van der Waals surface area contributed by atoms with Crippen LogP contribution in [-0.4, -0.2) is 27.6 Å². The number of ether oxygens (including phenoxy) is 1. The minimum Gasteiger partial charge on any atom is -0.484 e. The van der Waals surface area contributed by atoms with Gasteiger partial charge >= 0.3 is 0 Å². The van der Waals surface area contributed by atoms with Crippen molar-refractivity contribution in [2.45, 2.75) is 6.92 Å². The lowest BCUT2D eigenvalue weighted by Crippen LogP contribution is -2.20. The predicted octanol–water partition coefficient (Wildman–Crippen LogP) is 4.25. The van der Waals surface area contributed by atoms with E-state index in [0.29, 0.717) is 28.3 Å². The molecule has 0 atom stereocenters. The molecule has 0 unspecified atom stereocenters. The van der Waals surface area contributed by atoms with E-state index in [1.54, 1.807) is 12.1 Å². The SMILES string of the molecule is Cc1nc(NC(=O)COc2ccccc2)sc1-c1nc(-c2cccs2)no1. The summed E-state index contributed by atoms with van der Waals surface area (Å²) in [6.07, 6.45) is 0. The monoisotopic (exact) mass is 398 g/mol. The number of nitrogens with zero attached hydrogens (tertiary/aromatic N) is 3. The van der Waals surface area contributed by atoms with E-state index in [1.165, 1.54) is 22.7 Å². The molecule has 1 aromatic carbocycles. The van der Waals surface area contributed by atoms with Crippen molar-refractivity contribution in [2.75, 3.05) is 11.9 Å². The van der Waals surface area contributed by atoms with Crippen molar-refractivity contribution in [3.63, 3.8) is 0 Å². The summed E-state index contributed by atoms with van der Waals surface area (Å²) in [5.74, 6) is 1.27. The summed E-state index contributed by atoms with van der Waals surface area (Å²) in [5, 5.41) is 9.15. The van der Waals surface area contributed by atoms with Gasteiger partial charge in [-0.3, -0.25) is 10.1 Å². The average Bonchev–Trinajstić information content (AvgIpc) is 3.41. The number of para-hydroxylation sites is 1. The molecule has 136 valence electrons. The molecule has 0 fully saturated rings. The number of anilines is 1. The molecule has 0 spiro atoms. The summed E-state index contributed by atoms with van der Waals surface area (Å²) in [6.45, 7) is 1.73. The minimum atomic E-state index is -0.288. The Kier molecular flexibility index (Phi) is 4.95. The third-order valence-corrected chi connectivity index (χ3v) is 5.44. The molecular weight excluding hydrogens is 384 g/mol. The average molecular weight is 398 g/mol. The van der Waals surface area contributed by atoms with Crippen LogP contribution in [0.1, 0.15) is 5.69 Å². The Balaban J connectivity index is 1.43. The summed E-state index contributed by atoms with van der Waals surface area (Å²) < 4.78 is 10.8. The first kappa shape index (κ1) is 17.4. The topological polar surface area (TPSA) is 90.1 Å². The molecule has 7 nitrogen and oxygen atoms in total. The summed E-state index contributed by atoms with van der Waals surface area (Å²) in [6, 6.07) is 13.0. The van der Waals surface area contributed by atoms with Crippen LogP contribution in [0.15, 0.2) is 52.4 Å². The largest absolute Gasteiger partial charge is 0.484 e. The molecule has 4 aromatic rings. The van der Waals surface area contributed by atoms with Crippen LogP contribution in [0.5, 0.6) is 5.75 Å². The van der Waals surface area contributed by atoms with Crippen molar-refractivity contribution in [3.05, 3.63) is 53.5 Å². The summed E-state index contributed by atoms with van der Waals surface area (Å²) in [7, 11) is 0. The summed E-state index contributed by atoms with van der Waals surface area (Å²) in [5.41, 5.74) is 0.709. The number of thiophene rings is 1. The molecule has 4 rings (SSSR count). The zero-order valence-corrected chi connectivity index (χ0v) is 15.8. The fraction of sp³-hybridized carbons (Fsp3) is 0.111. The Bertz CT molecular complexity index is 1040. The molecule has 0 radical (unpaired) electrons. The van der Waals surface area contributed by atoms with Gasteiger partial charge in [0.05, 0.1) is 10.6 Å². The smallest absolute Gasteiger partial charge is 0.270 e. The first-order valence-corrected chi connectivity index (χ1v) is 9.72. The Morgan fingerprint density at radius 2 is 2.04 bits per heavy atom. The van der Waals surface area contributed by atoms with E-state index in [-0.39, 0.29) is 12.5 Å². The molecule has 1 N–H and O–H groups in total. The van der Waals surface area contributed by atoms with Gasteiger partial charge in [0.25, 0.3) is 11.8 Å². The summed E-state index contributed by atoms with van der Waals surface area (Å²) >= 11 is 2.82. The second kappa shape index (κ2) is 7.68. The number of rotatable bonds is 6. The van der Waals surface area contributed by atoms with Crippen molar-refractivity contribution in [1.29, 1.82) is 0 Å². The number of hydrogen-bond acceptors (Lipinski definition) is 8. The van der Waals surface area contributed by atoms with Crippen molar-refractivity contribution in [3.8, 4) is 27.2 Å². The Morgan fingerprint density at radius 3 is 2.81 bits per heavy atom. The zero-order valence-electron chi connectivity index (χ0n) is 14.2. The Hall–Kier alpha value is -3.04. The standard InChI is InChI=1S/C18H14N4O3S2/c1-11-15(17-21-16(22-25-17)13-8-5-9-26-13)27-18(19-11)20-14(23)10-24-12-6-3-2-4-7-12/h2-9H,10H2,1H3,(H,19,20,23). The highest BCUT2D eigenvalue weighted by atomic mass is 32.1. The van der Waals surface area contributed by atoms with Crippen LogP contribution in [0.4, 0.5) is 5.13 Å². The number of thiazole rings is 1. The number of benzene rings is 1. The quantitative estimate of drug-likeness (QED) is 0.522. The van der Waals surface area contributed by atoms with E-state index in [1.807, 2.05) is 42.6 Å². The lowest BCUT2D eigenvalue weighted by Gasteiger charge is -2.05. The van der Waals surface area contributed by atoms with Gasteiger partial charge < -0.3 is 9.26 Å². The molecule has 3 heterocycles. The maximum Gasteiger partial charge on any atom is 0.270 e. The highest BCUT2D eigenvalue weighted by Crippen LogP contribution is 2.33. The van der Waals surface area contributed by atoms with Gasteiger partial charge in [0, 0.05) is 0 Å². The number of carbonyl (C=O) groups is 1. The highest BCUT2D eigenvalue weighted by molar-refractivity contribution is 7.19. The van der Waals surface area contributed by atoms with Crippen LogP contribution in [-0.2, 0) is 4.79 Å². The van der Waals surface area contributed by atoms with Crippen LogP contribution in [0.25, 0.3) is 21.5 Å². The fourth-order valence-corrected chi connectivity index (χ4v) is 3.84. The van der Waals surface area contributed by atoms with Gasteiger partial charge in [-0.2, -0.15) is 4.98 Å². The number of hydrogen-bond donors (Lipinski definition) is 1. The van der Waals surface area contributed by atoms with Gasteiger partial charge in [0.1, 0.15) is 10.6 Å². The maximum atomic E-state index is 12.1. The van der Waals surface area contributed by atoms with Gasteiger partial charge in [-0.1, -0.05) is 40.8 Å². The number of carbonyl (C=O) groups excluding carboxylic acids is 1. The van der Waals surface area contributed by atoms with Crippen LogP contribution >= 0.6 is 22.7 Å². The molecule has 0 saturated heterocycles. The van der Waals surface area contributed by atoms with Crippen molar-refractivity contribution in [2.24, 2.45) is 0 Å². The lowest BCUT2D eigenvalue weighted by atomic mass is 10.3. The van der Waals surface area contributed by atoms with E-state index < -0.39 is 0 Å². The second-order valence-electron chi connectivity index (χ2n) is 5.48. The van der Waals surface area contributed by atoms with E-state index in [0.717, 1.165) is 9.75 Å². The van der Waals surface area contributed by atoms with Gasteiger partial charge in [-0.15, -0.1) is 11.3 Å². The second-order valence-corrected chi connectivity index (χ2v) is 7.43. The summed E-state index contributed by atoms with van der Waals surface area (Å²) in [4.78, 5) is 22.5. The molecule has 3 aromatic heterocycles.